The van der Waals surface area contributed by atoms with Crippen molar-refractivity contribution in [2.75, 3.05) is 18.5 Å². The van der Waals surface area contributed by atoms with Gasteiger partial charge < -0.3 is 19.9 Å². The number of anilines is 1. The summed E-state index contributed by atoms with van der Waals surface area (Å²) in [5.74, 6) is -1.94. The third-order valence-corrected chi connectivity index (χ3v) is 5.13. The van der Waals surface area contributed by atoms with Gasteiger partial charge in [-0.15, -0.1) is 11.3 Å². The molecule has 0 aliphatic heterocycles. The number of carbonyl (C=O) groups is 3. The molecule has 156 valence electrons. The maximum atomic E-state index is 12.6. The van der Waals surface area contributed by atoms with Gasteiger partial charge >= 0.3 is 11.9 Å². The quantitative estimate of drug-likeness (QED) is 0.374. The van der Waals surface area contributed by atoms with Crippen LogP contribution in [0.3, 0.4) is 0 Å². The summed E-state index contributed by atoms with van der Waals surface area (Å²) in [6.07, 6.45) is 1.38. The second-order valence-corrected chi connectivity index (χ2v) is 7.31. The first-order valence-corrected chi connectivity index (χ1v) is 9.73. The second kappa shape index (κ2) is 10.2. The molecular formula is C21H20N2O6S. The molecule has 0 aliphatic rings. The van der Waals surface area contributed by atoms with Gasteiger partial charge in [0.2, 0.25) is 0 Å². The standard InChI is InChI=1S/C21H20N2O6S/c1-4-28-21(27)18-12(2)13(3)30-20(18)23-19(26)15(10-22)9-14-5-7-16(8-6-14)29-11-17(24)25/h5-9H,4,11H2,1-3H3,(H,23,26)(H,24,25)/b15-9+. The summed E-state index contributed by atoms with van der Waals surface area (Å²) in [7, 11) is 0. The molecule has 8 nitrogen and oxygen atoms in total. The number of nitrogens with one attached hydrogen (secondary N) is 1. The first kappa shape index (κ1) is 22.6. The van der Waals surface area contributed by atoms with E-state index in [0.717, 1.165) is 4.88 Å². The Morgan fingerprint density at radius 2 is 1.90 bits per heavy atom. The van der Waals surface area contributed by atoms with Crippen LogP contribution in [0.25, 0.3) is 6.08 Å². The van der Waals surface area contributed by atoms with Crippen molar-refractivity contribution in [2.45, 2.75) is 20.8 Å². The van der Waals surface area contributed by atoms with E-state index in [4.69, 9.17) is 14.6 Å². The van der Waals surface area contributed by atoms with Crippen molar-refractivity contribution in [1.29, 1.82) is 5.26 Å². The number of thiophene rings is 1. The van der Waals surface area contributed by atoms with Crippen molar-refractivity contribution in [3.8, 4) is 11.8 Å². The molecule has 0 spiro atoms. The molecule has 0 aliphatic carbocycles. The third-order valence-electron chi connectivity index (χ3n) is 4.01. The average Bonchev–Trinajstić information content (AvgIpc) is 2.98. The number of hydrogen-bond donors (Lipinski definition) is 2. The van der Waals surface area contributed by atoms with Crippen molar-refractivity contribution in [1.82, 2.24) is 0 Å². The van der Waals surface area contributed by atoms with Gasteiger partial charge in [0.05, 0.1) is 12.2 Å². The van der Waals surface area contributed by atoms with Crippen LogP contribution in [0.4, 0.5) is 5.00 Å². The second-order valence-electron chi connectivity index (χ2n) is 6.08. The molecule has 2 aromatic rings. The molecule has 1 heterocycles. The minimum atomic E-state index is -1.09. The Balaban J connectivity index is 2.21. The average molecular weight is 428 g/mol. The number of hydrogen-bond acceptors (Lipinski definition) is 7. The van der Waals surface area contributed by atoms with Crippen LogP contribution in [-0.4, -0.2) is 36.2 Å². The van der Waals surface area contributed by atoms with Gasteiger partial charge in [0.25, 0.3) is 5.91 Å². The first-order valence-electron chi connectivity index (χ1n) is 8.91. The first-order chi connectivity index (χ1) is 14.3. The number of carboxylic acid groups (broad SMARTS) is 1. The zero-order valence-corrected chi connectivity index (χ0v) is 17.5. The van der Waals surface area contributed by atoms with E-state index in [1.165, 1.54) is 29.5 Å². The van der Waals surface area contributed by atoms with Crippen LogP contribution in [0.5, 0.6) is 5.75 Å². The highest BCUT2D eigenvalue weighted by atomic mass is 32.1. The van der Waals surface area contributed by atoms with Gasteiger partial charge in [-0.1, -0.05) is 12.1 Å². The van der Waals surface area contributed by atoms with Crippen LogP contribution in [0.15, 0.2) is 29.8 Å². The Morgan fingerprint density at radius 1 is 1.23 bits per heavy atom. The highest BCUT2D eigenvalue weighted by Crippen LogP contribution is 2.33. The normalized spacial score (nSPS) is 10.8. The number of nitriles is 1. The molecule has 1 aromatic carbocycles. The third kappa shape index (κ3) is 5.68. The molecule has 2 rings (SSSR count). The molecule has 0 radical (unpaired) electrons. The summed E-state index contributed by atoms with van der Waals surface area (Å²) in [4.78, 5) is 36.2. The Labute approximate surface area is 177 Å². The number of esters is 1. The van der Waals surface area contributed by atoms with E-state index >= 15 is 0 Å². The van der Waals surface area contributed by atoms with Crippen LogP contribution < -0.4 is 10.1 Å². The largest absolute Gasteiger partial charge is 0.482 e. The minimum absolute atomic E-state index is 0.160. The summed E-state index contributed by atoms with van der Waals surface area (Å²) in [6, 6.07) is 8.09. The van der Waals surface area contributed by atoms with E-state index in [9.17, 15) is 19.6 Å². The molecule has 0 bridgehead atoms. The zero-order valence-electron chi connectivity index (χ0n) is 16.6. The number of aliphatic carboxylic acids is 1. The van der Waals surface area contributed by atoms with Crippen molar-refractivity contribution in [3.63, 3.8) is 0 Å². The Morgan fingerprint density at radius 3 is 2.47 bits per heavy atom. The lowest BCUT2D eigenvalue weighted by Gasteiger charge is -2.07. The summed E-state index contributed by atoms with van der Waals surface area (Å²) in [5, 5.41) is 21.0. The highest BCUT2D eigenvalue weighted by molar-refractivity contribution is 7.16. The van der Waals surface area contributed by atoms with Crippen molar-refractivity contribution in [3.05, 3.63) is 51.4 Å². The Bertz CT molecular complexity index is 1030. The molecule has 2 N–H and O–H groups in total. The van der Waals surface area contributed by atoms with E-state index in [-0.39, 0.29) is 17.7 Å². The predicted octanol–water partition coefficient (Wildman–Crippen LogP) is 3.55. The molecule has 0 fully saturated rings. The number of carbonyl (C=O) groups excluding carboxylic acids is 2. The zero-order chi connectivity index (χ0) is 22.3. The smallest absolute Gasteiger partial charge is 0.341 e. The fraction of sp³-hybridized carbons (Fsp3) is 0.238. The summed E-state index contributed by atoms with van der Waals surface area (Å²) in [5.41, 5.74) is 1.39. The number of carboxylic acids is 1. The molecule has 1 aromatic heterocycles. The summed E-state index contributed by atoms with van der Waals surface area (Å²) < 4.78 is 10.1. The van der Waals surface area contributed by atoms with E-state index in [0.29, 0.717) is 21.9 Å². The molecule has 1 amide bonds. The Hall–Kier alpha value is -3.64. The van der Waals surface area contributed by atoms with E-state index < -0.39 is 24.5 Å². The van der Waals surface area contributed by atoms with Gasteiger partial charge in [-0.3, -0.25) is 4.79 Å². The van der Waals surface area contributed by atoms with Crippen LogP contribution in [0.2, 0.25) is 0 Å². The van der Waals surface area contributed by atoms with Gasteiger partial charge in [-0.2, -0.15) is 5.26 Å². The number of nitrogens with zero attached hydrogens (tertiary/aromatic N) is 1. The molecule has 9 heteroatoms. The summed E-state index contributed by atoms with van der Waals surface area (Å²) in [6.45, 7) is 5.02. The number of aryl methyl sites for hydroxylation is 1. The lowest BCUT2D eigenvalue weighted by Crippen LogP contribution is -2.16. The maximum absolute atomic E-state index is 12.6. The van der Waals surface area contributed by atoms with Gasteiger partial charge in [0.1, 0.15) is 22.4 Å². The fourth-order valence-corrected chi connectivity index (χ4v) is 3.50. The van der Waals surface area contributed by atoms with Crippen LogP contribution in [0, 0.1) is 25.2 Å². The molecule has 0 saturated carbocycles. The monoisotopic (exact) mass is 428 g/mol. The van der Waals surface area contributed by atoms with Crippen LogP contribution in [0.1, 0.15) is 33.3 Å². The molecule has 30 heavy (non-hydrogen) atoms. The van der Waals surface area contributed by atoms with Gasteiger partial charge in [0.15, 0.2) is 6.61 Å². The van der Waals surface area contributed by atoms with E-state index in [1.54, 1.807) is 26.0 Å². The fourth-order valence-electron chi connectivity index (χ4n) is 2.46. The van der Waals surface area contributed by atoms with Crippen LogP contribution >= 0.6 is 11.3 Å². The highest BCUT2D eigenvalue weighted by Gasteiger charge is 2.23. The predicted molar refractivity (Wildman–Crippen MR) is 112 cm³/mol. The number of benzene rings is 1. The summed E-state index contributed by atoms with van der Waals surface area (Å²) >= 11 is 1.23. The van der Waals surface area contributed by atoms with Gasteiger partial charge in [-0.05, 0) is 50.1 Å². The van der Waals surface area contributed by atoms with E-state index in [2.05, 4.69) is 5.32 Å². The van der Waals surface area contributed by atoms with Crippen molar-refractivity contribution >= 4 is 40.3 Å². The minimum Gasteiger partial charge on any atom is -0.482 e. The topological polar surface area (TPSA) is 126 Å². The number of amides is 1. The SMILES string of the molecule is CCOC(=O)c1c(NC(=O)/C(C#N)=C/c2ccc(OCC(=O)O)cc2)sc(C)c1C. The number of ether oxygens (including phenoxy) is 2. The Kier molecular flexibility index (Phi) is 7.72. The molecule has 0 unspecified atom stereocenters. The molecule has 0 saturated heterocycles. The van der Waals surface area contributed by atoms with Crippen molar-refractivity contribution in [2.24, 2.45) is 0 Å². The molecule has 0 atom stereocenters. The van der Waals surface area contributed by atoms with E-state index in [1.807, 2.05) is 13.0 Å². The van der Waals surface area contributed by atoms with Gasteiger partial charge in [0, 0.05) is 4.88 Å². The van der Waals surface area contributed by atoms with Crippen molar-refractivity contribution < 1.29 is 29.0 Å². The maximum Gasteiger partial charge on any atom is 0.341 e. The number of rotatable bonds is 8. The molecular weight excluding hydrogens is 408 g/mol. The van der Waals surface area contributed by atoms with Crippen LogP contribution in [-0.2, 0) is 14.3 Å². The lowest BCUT2D eigenvalue weighted by molar-refractivity contribution is -0.139. The lowest BCUT2D eigenvalue weighted by atomic mass is 10.1. The van der Waals surface area contributed by atoms with Gasteiger partial charge in [-0.25, -0.2) is 9.59 Å².